The number of nitrogens with one attached hydrogen (secondary N) is 1. The molecule has 0 aliphatic heterocycles. The van der Waals surface area contributed by atoms with Crippen LogP contribution in [-0.4, -0.2) is 50.8 Å². The normalized spacial score (nSPS) is 12.4. The molecule has 3 aromatic rings. The highest BCUT2D eigenvalue weighted by Gasteiger charge is 2.14. The number of nitrogens with two attached hydrogens (primary N) is 1. The van der Waals surface area contributed by atoms with Crippen molar-refractivity contribution in [3.8, 4) is 0 Å². The first-order valence-electron chi connectivity index (χ1n) is 9.19. The molecular formula is C20H20F2N6O3. The number of nitrogens with zero attached hydrogens (tertiary/aromatic N) is 4. The SMILES string of the molecule is NC(Cc1ccccc1F)=C(C=Nc1ncc(F)c(NC(CO)CO)n1)c1ccon1. The van der Waals surface area contributed by atoms with Crippen molar-refractivity contribution in [2.24, 2.45) is 10.7 Å². The molecular weight excluding hydrogens is 410 g/mol. The van der Waals surface area contributed by atoms with Gasteiger partial charge in [0.05, 0.1) is 25.5 Å². The van der Waals surface area contributed by atoms with Crippen LogP contribution in [-0.2, 0) is 6.42 Å². The average molecular weight is 430 g/mol. The van der Waals surface area contributed by atoms with Crippen LogP contribution >= 0.6 is 0 Å². The molecule has 5 N–H and O–H groups in total. The molecule has 0 spiro atoms. The number of hydrogen-bond donors (Lipinski definition) is 4. The van der Waals surface area contributed by atoms with E-state index in [1.807, 2.05) is 0 Å². The van der Waals surface area contributed by atoms with Gasteiger partial charge < -0.3 is 25.8 Å². The molecule has 1 aromatic carbocycles. The Morgan fingerprint density at radius 2 is 1.97 bits per heavy atom. The van der Waals surface area contributed by atoms with Crippen LogP contribution in [0.4, 0.5) is 20.5 Å². The lowest BCUT2D eigenvalue weighted by atomic mass is 10.0. The van der Waals surface area contributed by atoms with Gasteiger partial charge in [-0.2, -0.15) is 4.98 Å². The molecule has 0 saturated carbocycles. The summed E-state index contributed by atoms with van der Waals surface area (Å²) in [6, 6.07) is 6.97. The van der Waals surface area contributed by atoms with Gasteiger partial charge in [0.15, 0.2) is 11.6 Å². The van der Waals surface area contributed by atoms with Crippen molar-refractivity contribution in [2.75, 3.05) is 18.5 Å². The van der Waals surface area contributed by atoms with Crippen LogP contribution < -0.4 is 11.1 Å². The van der Waals surface area contributed by atoms with Crippen LogP contribution in [0.15, 0.2) is 58.0 Å². The van der Waals surface area contributed by atoms with Gasteiger partial charge in [-0.1, -0.05) is 23.4 Å². The van der Waals surface area contributed by atoms with Crippen molar-refractivity contribution in [3.05, 3.63) is 71.4 Å². The Labute approximate surface area is 176 Å². The summed E-state index contributed by atoms with van der Waals surface area (Å²) in [5.41, 5.74) is 7.57. The molecule has 0 saturated heterocycles. The molecule has 11 heteroatoms. The molecule has 0 radical (unpaired) electrons. The van der Waals surface area contributed by atoms with Crippen molar-refractivity contribution >= 4 is 23.6 Å². The lowest BCUT2D eigenvalue weighted by molar-refractivity contribution is 0.203. The van der Waals surface area contributed by atoms with Crippen molar-refractivity contribution in [1.29, 1.82) is 0 Å². The quantitative estimate of drug-likeness (QED) is 0.377. The summed E-state index contributed by atoms with van der Waals surface area (Å²) < 4.78 is 32.8. The van der Waals surface area contributed by atoms with E-state index in [1.54, 1.807) is 24.3 Å². The second-order valence-corrected chi connectivity index (χ2v) is 6.42. The molecule has 9 nitrogen and oxygen atoms in total. The summed E-state index contributed by atoms with van der Waals surface area (Å²) in [7, 11) is 0. The van der Waals surface area contributed by atoms with Gasteiger partial charge in [0.1, 0.15) is 17.8 Å². The fraction of sp³-hybridized carbons (Fsp3) is 0.200. The number of aliphatic hydroxyl groups is 2. The lowest BCUT2D eigenvalue weighted by Crippen LogP contribution is -2.28. The predicted molar refractivity (Wildman–Crippen MR) is 109 cm³/mol. The Balaban J connectivity index is 1.91. The summed E-state index contributed by atoms with van der Waals surface area (Å²) in [6.45, 7) is -0.853. The van der Waals surface area contributed by atoms with E-state index in [4.69, 9.17) is 20.5 Å². The standard InChI is InChI=1S/C20H20F2N6O3/c21-15-4-2-1-3-12(15)7-17(23)14(18-5-6-31-28-18)8-24-20-25-9-16(22)19(27-20)26-13(10-29)11-30/h1-6,8-9,13,29-30H,7,10-11,23H2,(H,25,26,27). The number of allylic oxidation sites excluding steroid dienone is 2. The maximum Gasteiger partial charge on any atom is 0.251 e. The molecule has 31 heavy (non-hydrogen) atoms. The maximum absolute atomic E-state index is 14.0. The number of aromatic nitrogens is 3. The Kier molecular flexibility index (Phi) is 7.35. The summed E-state index contributed by atoms with van der Waals surface area (Å²) >= 11 is 0. The first-order chi connectivity index (χ1) is 15.0. The third kappa shape index (κ3) is 5.68. The van der Waals surface area contributed by atoms with Crippen LogP contribution in [0.2, 0.25) is 0 Å². The molecule has 0 fully saturated rings. The Morgan fingerprint density at radius 1 is 1.19 bits per heavy atom. The van der Waals surface area contributed by atoms with Crippen LogP contribution in [0, 0.1) is 11.6 Å². The molecule has 2 aromatic heterocycles. The van der Waals surface area contributed by atoms with Gasteiger partial charge in [0, 0.05) is 30.0 Å². The molecule has 2 heterocycles. The van der Waals surface area contributed by atoms with E-state index in [1.165, 1.54) is 18.5 Å². The summed E-state index contributed by atoms with van der Waals surface area (Å²) in [6.07, 6.45) is 3.66. The van der Waals surface area contributed by atoms with Crippen LogP contribution in [0.1, 0.15) is 11.3 Å². The van der Waals surface area contributed by atoms with Gasteiger partial charge in [0.2, 0.25) is 0 Å². The molecule has 0 bridgehead atoms. The molecule has 0 unspecified atom stereocenters. The second kappa shape index (κ2) is 10.4. The van der Waals surface area contributed by atoms with Crippen LogP contribution in [0.25, 0.3) is 5.57 Å². The first-order valence-corrected chi connectivity index (χ1v) is 9.19. The minimum atomic E-state index is -0.803. The Hall–Kier alpha value is -3.70. The molecule has 0 aliphatic carbocycles. The van der Waals surface area contributed by atoms with E-state index in [0.29, 0.717) is 16.8 Å². The highest BCUT2D eigenvalue weighted by Crippen LogP contribution is 2.20. The molecule has 0 amide bonds. The highest BCUT2D eigenvalue weighted by atomic mass is 19.1. The average Bonchev–Trinajstić information content (AvgIpc) is 3.30. The predicted octanol–water partition coefficient (Wildman–Crippen LogP) is 1.82. The highest BCUT2D eigenvalue weighted by molar-refractivity contribution is 6.10. The Bertz CT molecular complexity index is 1070. The van der Waals surface area contributed by atoms with Crippen molar-refractivity contribution in [2.45, 2.75) is 12.5 Å². The summed E-state index contributed by atoms with van der Waals surface area (Å²) in [5.74, 6) is -1.53. The summed E-state index contributed by atoms with van der Waals surface area (Å²) in [5, 5.41) is 24.7. The topological polar surface area (TPSA) is 143 Å². The largest absolute Gasteiger partial charge is 0.401 e. The van der Waals surface area contributed by atoms with E-state index < -0.39 is 30.9 Å². The number of aliphatic hydroxyl groups excluding tert-OH is 2. The Morgan fingerprint density at radius 3 is 2.65 bits per heavy atom. The fourth-order valence-electron chi connectivity index (χ4n) is 2.59. The zero-order valence-electron chi connectivity index (χ0n) is 16.2. The third-order valence-corrected chi connectivity index (χ3v) is 4.22. The van der Waals surface area contributed by atoms with Crippen molar-refractivity contribution in [1.82, 2.24) is 15.1 Å². The van der Waals surface area contributed by atoms with E-state index in [9.17, 15) is 8.78 Å². The van der Waals surface area contributed by atoms with Gasteiger partial charge in [-0.05, 0) is 11.6 Å². The van der Waals surface area contributed by atoms with Crippen molar-refractivity contribution in [3.63, 3.8) is 0 Å². The van der Waals surface area contributed by atoms with Gasteiger partial charge >= 0.3 is 0 Å². The van der Waals surface area contributed by atoms with Gasteiger partial charge in [-0.25, -0.2) is 18.8 Å². The van der Waals surface area contributed by atoms with Crippen molar-refractivity contribution < 1.29 is 23.5 Å². The van der Waals surface area contributed by atoms with Crippen LogP contribution in [0.3, 0.4) is 0 Å². The minimum absolute atomic E-state index is 0.0899. The van der Waals surface area contributed by atoms with E-state index in [0.717, 1.165) is 6.20 Å². The monoisotopic (exact) mass is 430 g/mol. The zero-order valence-corrected chi connectivity index (χ0v) is 16.2. The lowest BCUT2D eigenvalue weighted by Gasteiger charge is -2.14. The van der Waals surface area contributed by atoms with Gasteiger partial charge in [-0.15, -0.1) is 0 Å². The molecule has 0 aliphatic rings. The fourth-order valence-corrected chi connectivity index (χ4v) is 2.59. The van der Waals surface area contributed by atoms with Gasteiger partial charge in [0.25, 0.3) is 5.95 Å². The number of aliphatic imine (C=N–C) groups is 1. The molecule has 162 valence electrons. The summed E-state index contributed by atoms with van der Waals surface area (Å²) in [4.78, 5) is 11.8. The molecule has 0 atom stereocenters. The maximum atomic E-state index is 14.0. The smallest absolute Gasteiger partial charge is 0.251 e. The van der Waals surface area contributed by atoms with E-state index >= 15 is 0 Å². The second-order valence-electron chi connectivity index (χ2n) is 6.42. The number of halogens is 2. The number of rotatable bonds is 9. The van der Waals surface area contributed by atoms with Crippen LogP contribution in [0.5, 0.6) is 0 Å². The first kappa shape index (κ1) is 22.0. The van der Waals surface area contributed by atoms with Gasteiger partial charge in [-0.3, -0.25) is 0 Å². The number of anilines is 1. The van der Waals surface area contributed by atoms with E-state index in [-0.39, 0.29) is 23.9 Å². The van der Waals surface area contributed by atoms with E-state index in [2.05, 4.69) is 25.4 Å². The minimum Gasteiger partial charge on any atom is -0.401 e. The third-order valence-electron chi connectivity index (χ3n) is 4.22. The molecule has 3 rings (SSSR count). The number of hydrogen-bond acceptors (Lipinski definition) is 9. The zero-order chi connectivity index (χ0) is 22.2. The number of benzene rings is 1.